The largest absolute Gasteiger partial charge is 0.494 e. The zero-order valence-corrected chi connectivity index (χ0v) is 13.6. The molecule has 0 aliphatic carbocycles. The molecule has 4 heteroatoms. The lowest BCUT2D eigenvalue weighted by molar-refractivity contribution is 0.180. The molecule has 1 atom stereocenters. The number of aliphatic hydroxyl groups excluding tert-OH is 1. The maximum absolute atomic E-state index is 14.1. The number of aliphatic hydroxyl groups is 1. The van der Waals surface area contributed by atoms with Crippen molar-refractivity contribution in [1.29, 1.82) is 0 Å². The second kappa shape index (κ2) is 6.16. The van der Waals surface area contributed by atoms with Gasteiger partial charge in [0, 0.05) is 16.2 Å². The minimum Gasteiger partial charge on any atom is -0.494 e. The van der Waals surface area contributed by atoms with E-state index in [1.165, 1.54) is 12.0 Å². The molecule has 0 aliphatic rings. The van der Waals surface area contributed by atoms with Crippen molar-refractivity contribution in [1.82, 2.24) is 0 Å². The predicted molar refractivity (Wildman–Crippen MR) is 84.6 cm³/mol. The van der Waals surface area contributed by atoms with Gasteiger partial charge in [0.05, 0.1) is 13.2 Å². The van der Waals surface area contributed by atoms with Crippen LogP contribution in [0.1, 0.15) is 42.2 Å². The SMILES string of the molecule is COc1cccc(CC(O)c2ccc(C(C)(C)C)s2)c1F. The summed E-state index contributed by atoms with van der Waals surface area (Å²) >= 11 is 1.58. The van der Waals surface area contributed by atoms with Gasteiger partial charge < -0.3 is 9.84 Å². The molecule has 1 aromatic carbocycles. The maximum atomic E-state index is 14.1. The Morgan fingerprint density at radius 3 is 2.52 bits per heavy atom. The Bertz CT molecular complexity index is 613. The molecule has 0 aliphatic heterocycles. The highest BCUT2D eigenvalue weighted by Crippen LogP contribution is 2.34. The molecule has 114 valence electrons. The molecule has 2 rings (SSSR count). The first-order valence-electron chi connectivity index (χ1n) is 6.92. The third-order valence-electron chi connectivity index (χ3n) is 3.37. The van der Waals surface area contributed by atoms with E-state index in [2.05, 4.69) is 20.8 Å². The molecule has 1 N–H and O–H groups in total. The third kappa shape index (κ3) is 3.63. The van der Waals surface area contributed by atoms with Gasteiger partial charge in [-0.05, 0) is 29.2 Å². The van der Waals surface area contributed by atoms with Crippen molar-refractivity contribution in [2.45, 2.75) is 38.7 Å². The van der Waals surface area contributed by atoms with Crippen LogP contribution in [0.3, 0.4) is 0 Å². The van der Waals surface area contributed by atoms with Crippen molar-refractivity contribution in [3.63, 3.8) is 0 Å². The summed E-state index contributed by atoms with van der Waals surface area (Å²) in [6, 6.07) is 8.95. The monoisotopic (exact) mass is 308 g/mol. The summed E-state index contributed by atoms with van der Waals surface area (Å²) in [5, 5.41) is 10.3. The lowest BCUT2D eigenvalue weighted by atomic mass is 9.95. The Labute approximate surface area is 129 Å². The first kappa shape index (κ1) is 16.0. The number of benzene rings is 1. The van der Waals surface area contributed by atoms with E-state index in [1.54, 1.807) is 29.5 Å². The molecule has 2 aromatic rings. The van der Waals surface area contributed by atoms with Crippen LogP contribution in [0.2, 0.25) is 0 Å². The molecule has 0 spiro atoms. The first-order chi connectivity index (χ1) is 9.82. The number of thiophene rings is 1. The number of hydrogen-bond donors (Lipinski definition) is 1. The van der Waals surface area contributed by atoms with Gasteiger partial charge in [0.25, 0.3) is 0 Å². The van der Waals surface area contributed by atoms with Crippen molar-refractivity contribution >= 4 is 11.3 Å². The molecule has 21 heavy (non-hydrogen) atoms. The fourth-order valence-electron chi connectivity index (χ4n) is 2.12. The van der Waals surface area contributed by atoms with Gasteiger partial charge in [0.2, 0.25) is 0 Å². The summed E-state index contributed by atoms with van der Waals surface area (Å²) in [7, 11) is 1.44. The van der Waals surface area contributed by atoms with Gasteiger partial charge in [-0.3, -0.25) is 0 Å². The zero-order valence-electron chi connectivity index (χ0n) is 12.8. The van der Waals surface area contributed by atoms with Crippen molar-refractivity contribution in [2.75, 3.05) is 7.11 Å². The average molecular weight is 308 g/mol. The molecule has 1 heterocycles. The van der Waals surface area contributed by atoms with Crippen LogP contribution in [0.25, 0.3) is 0 Å². The highest BCUT2D eigenvalue weighted by molar-refractivity contribution is 7.12. The molecule has 0 amide bonds. The van der Waals surface area contributed by atoms with Crippen molar-refractivity contribution in [3.8, 4) is 5.75 Å². The first-order valence-corrected chi connectivity index (χ1v) is 7.74. The van der Waals surface area contributed by atoms with E-state index in [0.717, 1.165) is 4.88 Å². The van der Waals surface area contributed by atoms with Crippen LogP contribution < -0.4 is 4.74 Å². The fourth-order valence-corrected chi connectivity index (χ4v) is 3.17. The highest BCUT2D eigenvalue weighted by Gasteiger charge is 2.20. The predicted octanol–water partition coefficient (Wildman–Crippen LogP) is 4.47. The van der Waals surface area contributed by atoms with E-state index < -0.39 is 11.9 Å². The molecule has 1 aromatic heterocycles. The second-order valence-corrected chi connectivity index (χ2v) is 7.22. The molecule has 2 nitrogen and oxygen atoms in total. The van der Waals surface area contributed by atoms with Crippen LogP contribution >= 0.6 is 11.3 Å². The van der Waals surface area contributed by atoms with Gasteiger partial charge in [-0.25, -0.2) is 4.39 Å². The minimum absolute atomic E-state index is 0.0594. The van der Waals surface area contributed by atoms with E-state index in [4.69, 9.17) is 4.74 Å². The fraction of sp³-hybridized carbons (Fsp3) is 0.412. The normalized spacial score (nSPS) is 13.2. The molecular formula is C17H21FO2S. The zero-order chi connectivity index (χ0) is 15.6. The summed E-state index contributed by atoms with van der Waals surface area (Å²) in [5.41, 5.74) is 0.525. The maximum Gasteiger partial charge on any atom is 0.168 e. The number of halogens is 1. The highest BCUT2D eigenvalue weighted by atomic mass is 32.1. The molecule has 1 unspecified atom stereocenters. The topological polar surface area (TPSA) is 29.5 Å². The minimum atomic E-state index is -0.701. The standard InChI is InChI=1S/C17H21FO2S/c1-17(2,3)15-9-8-14(21-15)12(19)10-11-6-5-7-13(20-4)16(11)18/h5-9,12,19H,10H2,1-4H3. The molecule has 0 fully saturated rings. The number of hydrogen-bond acceptors (Lipinski definition) is 3. The molecule has 0 saturated heterocycles. The van der Waals surface area contributed by atoms with E-state index >= 15 is 0 Å². The molecule has 0 saturated carbocycles. The number of ether oxygens (including phenoxy) is 1. The van der Waals surface area contributed by atoms with Gasteiger partial charge >= 0.3 is 0 Å². The quantitative estimate of drug-likeness (QED) is 0.903. The summed E-state index contributed by atoms with van der Waals surface area (Å²) in [6.45, 7) is 6.41. The van der Waals surface area contributed by atoms with Gasteiger partial charge in [0.15, 0.2) is 11.6 Å². The Morgan fingerprint density at radius 1 is 1.24 bits per heavy atom. The summed E-state index contributed by atoms with van der Waals surface area (Å²) < 4.78 is 19.1. The Kier molecular flexibility index (Phi) is 4.69. The van der Waals surface area contributed by atoms with Crippen LogP contribution in [0, 0.1) is 5.82 Å². The molecular weight excluding hydrogens is 287 g/mol. The van der Waals surface area contributed by atoms with E-state index in [-0.39, 0.29) is 17.6 Å². The lowest BCUT2D eigenvalue weighted by Gasteiger charge is -2.16. The molecule has 0 radical (unpaired) electrons. The van der Waals surface area contributed by atoms with E-state index in [0.29, 0.717) is 5.56 Å². The lowest BCUT2D eigenvalue weighted by Crippen LogP contribution is -2.08. The van der Waals surface area contributed by atoms with E-state index in [1.807, 2.05) is 12.1 Å². The third-order valence-corrected chi connectivity index (χ3v) is 4.98. The smallest absolute Gasteiger partial charge is 0.168 e. The Hall–Kier alpha value is -1.39. The van der Waals surface area contributed by atoms with Crippen LogP contribution in [-0.4, -0.2) is 12.2 Å². The van der Waals surface area contributed by atoms with Gasteiger partial charge in [-0.2, -0.15) is 0 Å². The Balaban J connectivity index is 2.18. The van der Waals surface area contributed by atoms with Gasteiger partial charge in [-0.15, -0.1) is 11.3 Å². The average Bonchev–Trinajstić information content (AvgIpc) is 2.91. The summed E-state index contributed by atoms with van der Waals surface area (Å²) in [4.78, 5) is 2.07. The van der Waals surface area contributed by atoms with Crippen LogP contribution in [0.5, 0.6) is 5.75 Å². The van der Waals surface area contributed by atoms with Gasteiger partial charge in [-0.1, -0.05) is 32.9 Å². The van der Waals surface area contributed by atoms with Crippen LogP contribution in [0.4, 0.5) is 4.39 Å². The van der Waals surface area contributed by atoms with Crippen LogP contribution in [0.15, 0.2) is 30.3 Å². The summed E-state index contributed by atoms with van der Waals surface area (Å²) in [5.74, 6) is -0.187. The molecule has 0 bridgehead atoms. The number of methoxy groups -OCH3 is 1. The van der Waals surface area contributed by atoms with Crippen LogP contribution in [-0.2, 0) is 11.8 Å². The van der Waals surface area contributed by atoms with Crippen molar-refractivity contribution in [2.24, 2.45) is 0 Å². The van der Waals surface area contributed by atoms with Gasteiger partial charge in [0.1, 0.15) is 0 Å². The van der Waals surface area contributed by atoms with E-state index in [9.17, 15) is 9.50 Å². The second-order valence-electron chi connectivity index (χ2n) is 6.11. The summed E-state index contributed by atoms with van der Waals surface area (Å²) in [6.07, 6.45) is -0.458. The van der Waals surface area contributed by atoms with Crippen molar-refractivity contribution in [3.05, 3.63) is 51.5 Å². The van der Waals surface area contributed by atoms with Crippen molar-refractivity contribution < 1.29 is 14.2 Å². The Morgan fingerprint density at radius 2 is 1.95 bits per heavy atom. The number of rotatable bonds is 4.